The molecule has 0 amide bonds. The number of nitrogens with zero attached hydrogens (tertiary/aromatic N) is 4. The van der Waals surface area contributed by atoms with Crippen molar-refractivity contribution in [1.29, 1.82) is 0 Å². The summed E-state index contributed by atoms with van der Waals surface area (Å²) in [6.45, 7) is 17.6. The van der Waals surface area contributed by atoms with E-state index in [1.807, 2.05) is 25.6 Å². The molecule has 28 heavy (non-hydrogen) atoms. The van der Waals surface area contributed by atoms with E-state index in [0.717, 1.165) is 22.6 Å². The zero-order chi connectivity index (χ0) is 20.6. The Morgan fingerprint density at radius 1 is 1.04 bits per heavy atom. The SMILES string of the molecule is [C-]#[N+]C(C)(C)c1ccc(N(C)c2cc(-c3c(C)nn(C)c3C)ccc2C)cc1. The van der Waals surface area contributed by atoms with Gasteiger partial charge in [-0.25, -0.2) is 6.57 Å². The molecule has 3 rings (SSSR count). The summed E-state index contributed by atoms with van der Waals surface area (Å²) >= 11 is 0. The summed E-state index contributed by atoms with van der Waals surface area (Å²) in [6.07, 6.45) is 0. The van der Waals surface area contributed by atoms with Crippen LogP contribution < -0.4 is 4.90 Å². The Labute approximate surface area is 168 Å². The normalized spacial score (nSPS) is 11.4. The molecule has 0 N–H and O–H groups in total. The largest absolute Gasteiger partial charge is 0.344 e. The van der Waals surface area contributed by atoms with Gasteiger partial charge in [0.05, 0.1) is 5.69 Å². The molecule has 0 fully saturated rings. The zero-order valence-electron chi connectivity index (χ0n) is 17.8. The highest BCUT2D eigenvalue weighted by Gasteiger charge is 2.25. The Bertz CT molecular complexity index is 1050. The van der Waals surface area contributed by atoms with Crippen molar-refractivity contribution in [1.82, 2.24) is 9.78 Å². The van der Waals surface area contributed by atoms with Gasteiger partial charge in [0.2, 0.25) is 0 Å². The van der Waals surface area contributed by atoms with E-state index in [1.165, 1.54) is 22.4 Å². The van der Waals surface area contributed by atoms with Crippen molar-refractivity contribution in [3.8, 4) is 11.1 Å². The molecule has 1 aromatic heterocycles. The van der Waals surface area contributed by atoms with Crippen LogP contribution in [0.2, 0.25) is 0 Å². The Morgan fingerprint density at radius 3 is 2.21 bits per heavy atom. The lowest BCUT2D eigenvalue weighted by atomic mass is 9.95. The van der Waals surface area contributed by atoms with Gasteiger partial charge in [-0.15, -0.1) is 0 Å². The molecule has 0 unspecified atom stereocenters. The monoisotopic (exact) mass is 372 g/mol. The minimum absolute atomic E-state index is 0.498. The van der Waals surface area contributed by atoms with E-state index in [-0.39, 0.29) is 0 Å². The topological polar surface area (TPSA) is 25.4 Å². The molecule has 3 aromatic rings. The lowest BCUT2D eigenvalue weighted by molar-refractivity contribution is 0.664. The predicted molar refractivity (Wildman–Crippen MR) is 117 cm³/mol. The van der Waals surface area contributed by atoms with E-state index in [4.69, 9.17) is 6.57 Å². The van der Waals surface area contributed by atoms with Gasteiger partial charge in [0.25, 0.3) is 5.54 Å². The first-order chi connectivity index (χ1) is 13.2. The van der Waals surface area contributed by atoms with Crippen molar-refractivity contribution in [2.45, 2.75) is 40.2 Å². The molecule has 0 aliphatic carbocycles. The van der Waals surface area contributed by atoms with Crippen molar-refractivity contribution in [3.05, 3.63) is 76.4 Å². The first-order valence-electron chi connectivity index (χ1n) is 9.50. The van der Waals surface area contributed by atoms with Crippen molar-refractivity contribution in [2.75, 3.05) is 11.9 Å². The fourth-order valence-electron chi connectivity index (χ4n) is 3.61. The van der Waals surface area contributed by atoms with Gasteiger partial charge in [0.1, 0.15) is 0 Å². The van der Waals surface area contributed by atoms with Crippen LogP contribution >= 0.6 is 0 Å². The molecule has 0 atom stereocenters. The summed E-state index contributed by atoms with van der Waals surface area (Å²) < 4.78 is 1.94. The predicted octanol–water partition coefficient (Wildman–Crippen LogP) is 5.93. The molecule has 0 saturated carbocycles. The zero-order valence-corrected chi connectivity index (χ0v) is 17.8. The van der Waals surface area contributed by atoms with Crippen molar-refractivity contribution < 1.29 is 0 Å². The Morgan fingerprint density at radius 2 is 1.68 bits per heavy atom. The lowest BCUT2D eigenvalue weighted by Gasteiger charge is -2.23. The van der Waals surface area contributed by atoms with Gasteiger partial charge < -0.3 is 9.74 Å². The molecule has 4 heteroatoms. The van der Waals surface area contributed by atoms with Crippen LogP contribution in [0.3, 0.4) is 0 Å². The number of benzene rings is 2. The van der Waals surface area contributed by atoms with Crippen molar-refractivity contribution in [2.24, 2.45) is 7.05 Å². The van der Waals surface area contributed by atoms with Crippen LogP contribution in [0.25, 0.3) is 16.0 Å². The van der Waals surface area contributed by atoms with Crippen molar-refractivity contribution >= 4 is 11.4 Å². The lowest BCUT2D eigenvalue weighted by Crippen LogP contribution is -2.13. The minimum atomic E-state index is -0.498. The third-order valence-corrected chi connectivity index (χ3v) is 5.61. The highest BCUT2D eigenvalue weighted by atomic mass is 15.3. The number of aromatic nitrogens is 2. The molecule has 4 nitrogen and oxygen atoms in total. The first-order valence-corrected chi connectivity index (χ1v) is 9.50. The first kappa shape index (κ1) is 19.7. The number of hydrogen-bond donors (Lipinski definition) is 0. The third kappa shape index (κ3) is 3.41. The average molecular weight is 373 g/mol. The van der Waals surface area contributed by atoms with Crippen LogP contribution in [0, 0.1) is 27.3 Å². The highest BCUT2D eigenvalue weighted by Crippen LogP contribution is 2.35. The fraction of sp³-hybridized carbons (Fsp3) is 0.333. The van der Waals surface area contributed by atoms with E-state index in [9.17, 15) is 0 Å². The smallest absolute Gasteiger partial charge is 0.252 e. The molecule has 0 bridgehead atoms. The van der Waals surface area contributed by atoms with Crippen molar-refractivity contribution in [3.63, 3.8) is 0 Å². The van der Waals surface area contributed by atoms with E-state index in [2.05, 4.69) is 85.1 Å². The van der Waals surface area contributed by atoms with Crippen LogP contribution in [0.15, 0.2) is 42.5 Å². The van der Waals surface area contributed by atoms with E-state index in [0.29, 0.717) is 0 Å². The van der Waals surface area contributed by atoms with Gasteiger partial charge >= 0.3 is 0 Å². The minimum Gasteiger partial charge on any atom is -0.344 e. The molecule has 0 saturated heterocycles. The summed E-state index contributed by atoms with van der Waals surface area (Å²) in [5.74, 6) is 0. The maximum absolute atomic E-state index is 7.39. The number of anilines is 2. The van der Waals surface area contributed by atoms with Crippen LogP contribution in [0.1, 0.15) is 36.4 Å². The van der Waals surface area contributed by atoms with Crippen LogP contribution in [-0.2, 0) is 12.6 Å². The third-order valence-electron chi connectivity index (χ3n) is 5.61. The molecule has 0 spiro atoms. The summed E-state index contributed by atoms with van der Waals surface area (Å²) in [5, 5.41) is 4.56. The molecular formula is C24H28N4. The van der Waals surface area contributed by atoms with E-state index in [1.54, 1.807) is 0 Å². The van der Waals surface area contributed by atoms with E-state index < -0.39 is 5.54 Å². The molecule has 0 aliphatic rings. The van der Waals surface area contributed by atoms with Crippen LogP contribution in [-0.4, -0.2) is 16.8 Å². The maximum Gasteiger partial charge on any atom is 0.252 e. The number of aryl methyl sites for hydroxylation is 3. The Kier molecular flexibility index (Phi) is 5.04. The standard InChI is InChI=1S/C24H28N4/c1-16-9-10-19(23-17(2)26-28(8)18(23)3)15-22(16)27(7)21-13-11-20(12-14-21)24(4,5)25-6/h9-15H,1-5,7-8H3. The van der Waals surface area contributed by atoms with Gasteiger partial charge in [-0.05, 0) is 62.2 Å². The summed E-state index contributed by atoms with van der Waals surface area (Å²) in [6, 6.07) is 14.9. The second kappa shape index (κ2) is 7.16. The fourth-order valence-corrected chi connectivity index (χ4v) is 3.61. The molecule has 0 aliphatic heterocycles. The van der Waals surface area contributed by atoms with Gasteiger partial charge in [0.15, 0.2) is 0 Å². The van der Waals surface area contributed by atoms with Gasteiger partial charge in [0, 0.05) is 56.1 Å². The second-order valence-electron chi connectivity index (χ2n) is 7.95. The molecular weight excluding hydrogens is 344 g/mol. The van der Waals surface area contributed by atoms with Gasteiger partial charge in [-0.3, -0.25) is 4.68 Å². The molecule has 144 valence electrons. The quantitative estimate of drug-likeness (QED) is 0.530. The van der Waals surface area contributed by atoms with Crippen LogP contribution in [0.4, 0.5) is 11.4 Å². The maximum atomic E-state index is 7.39. The summed E-state index contributed by atoms with van der Waals surface area (Å²) in [4.78, 5) is 5.93. The van der Waals surface area contributed by atoms with E-state index >= 15 is 0 Å². The molecule has 0 radical (unpaired) electrons. The Hall–Kier alpha value is -3.06. The second-order valence-corrected chi connectivity index (χ2v) is 7.95. The average Bonchev–Trinajstić information content (AvgIpc) is 2.93. The molecule has 2 aromatic carbocycles. The highest BCUT2D eigenvalue weighted by molar-refractivity contribution is 5.76. The van der Waals surface area contributed by atoms with Gasteiger partial charge in [-0.1, -0.05) is 12.1 Å². The number of hydrogen-bond acceptors (Lipinski definition) is 2. The molecule has 1 heterocycles. The van der Waals surface area contributed by atoms with Crippen LogP contribution in [0.5, 0.6) is 0 Å². The number of rotatable bonds is 4. The Balaban J connectivity index is 2.01. The summed E-state index contributed by atoms with van der Waals surface area (Å²) in [5.41, 5.74) is 8.61. The van der Waals surface area contributed by atoms with Gasteiger partial charge in [-0.2, -0.15) is 5.10 Å². The summed E-state index contributed by atoms with van der Waals surface area (Å²) in [7, 11) is 4.07.